The number of piperidine rings is 1. The molecule has 0 amide bonds. The van der Waals surface area contributed by atoms with E-state index in [2.05, 4.69) is 4.90 Å². The van der Waals surface area contributed by atoms with Gasteiger partial charge in [-0.3, -0.25) is 5.41 Å². The van der Waals surface area contributed by atoms with Gasteiger partial charge in [0.05, 0.1) is 5.02 Å². The number of nitrogens with one attached hydrogen (secondary N) is 1. The smallest absolute Gasteiger partial charge is 0.124 e. The van der Waals surface area contributed by atoms with Crippen molar-refractivity contribution in [2.45, 2.75) is 19.3 Å². The molecule has 0 radical (unpaired) electrons. The number of nitrogens with zero attached hydrogens (tertiary/aromatic N) is 1. The first-order valence-corrected chi connectivity index (χ1v) is 6.99. The maximum atomic E-state index is 9.04. The summed E-state index contributed by atoms with van der Waals surface area (Å²) in [6, 6.07) is 5.64. The van der Waals surface area contributed by atoms with E-state index in [0.29, 0.717) is 16.5 Å². The zero-order chi connectivity index (χ0) is 13.8. The summed E-state index contributed by atoms with van der Waals surface area (Å²) in [6.07, 6.45) is 3.17. The van der Waals surface area contributed by atoms with Crippen LogP contribution in [0.3, 0.4) is 0 Å². The Labute approximate surface area is 118 Å². The predicted molar refractivity (Wildman–Crippen MR) is 79.1 cm³/mol. The number of hydrogen-bond acceptors (Lipinski definition) is 3. The van der Waals surface area contributed by atoms with Crippen molar-refractivity contribution >= 4 is 23.1 Å². The number of halogens is 1. The van der Waals surface area contributed by atoms with Gasteiger partial charge in [-0.05, 0) is 43.4 Å². The highest BCUT2D eigenvalue weighted by Gasteiger charge is 2.20. The van der Waals surface area contributed by atoms with Crippen molar-refractivity contribution in [2.24, 2.45) is 11.7 Å². The Bertz CT molecular complexity index is 462. The van der Waals surface area contributed by atoms with Gasteiger partial charge in [-0.25, -0.2) is 0 Å². The topological polar surface area (TPSA) is 73.3 Å². The third-order valence-corrected chi connectivity index (χ3v) is 3.98. The van der Waals surface area contributed by atoms with Gasteiger partial charge in [0.15, 0.2) is 0 Å². The highest BCUT2D eigenvalue weighted by atomic mass is 35.5. The van der Waals surface area contributed by atoms with Crippen LogP contribution in [0.2, 0.25) is 5.02 Å². The fraction of sp³-hybridized carbons (Fsp3) is 0.500. The third kappa shape index (κ3) is 3.39. The summed E-state index contributed by atoms with van der Waals surface area (Å²) in [7, 11) is 0. The number of amidine groups is 1. The number of aliphatic hydroxyl groups is 1. The molecule has 1 atom stereocenters. The molecule has 1 unspecified atom stereocenters. The molecular weight excluding hydrogens is 262 g/mol. The van der Waals surface area contributed by atoms with Crippen molar-refractivity contribution < 1.29 is 5.11 Å². The number of aliphatic hydroxyl groups excluding tert-OH is 1. The Kier molecular flexibility index (Phi) is 4.66. The lowest BCUT2D eigenvalue weighted by Crippen LogP contribution is -2.35. The average molecular weight is 282 g/mol. The van der Waals surface area contributed by atoms with Crippen LogP contribution < -0.4 is 10.6 Å². The van der Waals surface area contributed by atoms with Gasteiger partial charge in [0.1, 0.15) is 5.84 Å². The van der Waals surface area contributed by atoms with Crippen LogP contribution >= 0.6 is 11.6 Å². The van der Waals surface area contributed by atoms with E-state index < -0.39 is 0 Å². The first kappa shape index (κ1) is 14.2. The molecule has 1 fully saturated rings. The van der Waals surface area contributed by atoms with Crippen molar-refractivity contribution in [3.05, 3.63) is 28.8 Å². The average Bonchev–Trinajstić information content (AvgIpc) is 2.39. The molecule has 4 nitrogen and oxygen atoms in total. The van der Waals surface area contributed by atoms with Gasteiger partial charge in [0.25, 0.3) is 0 Å². The Morgan fingerprint density at radius 2 is 2.32 bits per heavy atom. The van der Waals surface area contributed by atoms with Crippen LogP contribution in [-0.4, -0.2) is 30.6 Å². The van der Waals surface area contributed by atoms with Gasteiger partial charge in [-0.15, -0.1) is 0 Å². The first-order chi connectivity index (χ1) is 9.11. The molecule has 0 aliphatic carbocycles. The summed E-state index contributed by atoms with van der Waals surface area (Å²) in [5.41, 5.74) is 7.11. The molecule has 4 N–H and O–H groups in total. The molecule has 0 saturated carbocycles. The Hall–Kier alpha value is -1.26. The molecule has 1 aliphatic heterocycles. The minimum absolute atomic E-state index is 0.00616. The molecule has 0 spiro atoms. The van der Waals surface area contributed by atoms with Gasteiger partial charge in [0, 0.05) is 30.9 Å². The maximum Gasteiger partial charge on any atom is 0.124 e. The number of nitrogen functional groups attached to an aromatic ring is 1. The summed E-state index contributed by atoms with van der Waals surface area (Å²) >= 11 is 6.15. The molecule has 1 saturated heterocycles. The van der Waals surface area contributed by atoms with E-state index in [1.165, 1.54) is 6.42 Å². The van der Waals surface area contributed by atoms with Crippen molar-refractivity contribution in [1.29, 1.82) is 5.41 Å². The number of nitrogens with two attached hydrogens (primary N) is 1. The van der Waals surface area contributed by atoms with E-state index in [-0.39, 0.29) is 12.4 Å². The van der Waals surface area contributed by atoms with Crippen LogP contribution in [0.4, 0.5) is 5.69 Å². The van der Waals surface area contributed by atoms with Crippen molar-refractivity contribution in [2.75, 3.05) is 24.6 Å². The van der Waals surface area contributed by atoms with Crippen LogP contribution in [0.5, 0.6) is 0 Å². The molecule has 5 heteroatoms. The highest BCUT2D eigenvalue weighted by molar-refractivity contribution is 6.34. The van der Waals surface area contributed by atoms with E-state index in [4.69, 9.17) is 27.9 Å². The SMILES string of the molecule is N=C(N)c1ccc(N2CCCC(CCO)C2)cc1Cl. The van der Waals surface area contributed by atoms with E-state index in [1.807, 2.05) is 12.1 Å². The second-order valence-corrected chi connectivity index (χ2v) is 5.45. The lowest BCUT2D eigenvalue weighted by atomic mass is 9.94. The van der Waals surface area contributed by atoms with E-state index in [9.17, 15) is 0 Å². The number of rotatable bonds is 4. The molecule has 19 heavy (non-hydrogen) atoms. The molecule has 1 aromatic carbocycles. The standard InChI is InChI=1S/C14H20ClN3O/c15-13-8-11(3-4-12(13)14(16)17)18-6-1-2-10(9-18)5-7-19/h3-4,8,10,19H,1-2,5-7,9H2,(H3,16,17). The summed E-state index contributed by atoms with van der Waals surface area (Å²) in [5.74, 6) is 0.540. The summed E-state index contributed by atoms with van der Waals surface area (Å²) in [5, 5.41) is 17.0. The minimum Gasteiger partial charge on any atom is -0.396 e. The van der Waals surface area contributed by atoms with Crippen molar-refractivity contribution in [3.63, 3.8) is 0 Å². The number of anilines is 1. The summed E-state index contributed by atoms with van der Waals surface area (Å²) in [6.45, 7) is 2.22. The molecule has 1 aliphatic rings. The number of hydrogen-bond donors (Lipinski definition) is 3. The van der Waals surface area contributed by atoms with Crippen LogP contribution in [0.15, 0.2) is 18.2 Å². The molecular formula is C14H20ClN3O. The monoisotopic (exact) mass is 281 g/mol. The fourth-order valence-corrected chi connectivity index (χ4v) is 2.91. The molecule has 0 bridgehead atoms. The molecule has 104 valence electrons. The molecule has 0 aromatic heterocycles. The lowest BCUT2D eigenvalue weighted by molar-refractivity contribution is 0.244. The van der Waals surface area contributed by atoms with Crippen LogP contribution in [0.1, 0.15) is 24.8 Å². The zero-order valence-electron chi connectivity index (χ0n) is 10.9. The maximum absolute atomic E-state index is 9.04. The van der Waals surface area contributed by atoms with Gasteiger partial charge >= 0.3 is 0 Å². The van der Waals surface area contributed by atoms with E-state index >= 15 is 0 Å². The van der Waals surface area contributed by atoms with E-state index in [0.717, 1.165) is 31.6 Å². The first-order valence-electron chi connectivity index (χ1n) is 6.61. The Morgan fingerprint density at radius 3 is 2.95 bits per heavy atom. The van der Waals surface area contributed by atoms with Crippen molar-refractivity contribution in [3.8, 4) is 0 Å². The van der Waals surface area contributed by atoms with Gasteiger partial charge < -0.3 is 15.7 Å². The molecule has 2 rings (SSSR count). The fourth-order valence-electron chi connectivity index (χ4n) is 2.64. The summed E-state index contributed by atoms with van der Waals surface area (Å²) < 4.78 is 0. The Balaban J connectivity index is 2.13. The largest absolute Gasteiger partial charge is 0.396 e. The highest BCUT2D eigenvalue weighted by Crippen LogP contribution is 2.28. The Morgan fingerprint density at radius 1 is 1.53 bits per heavy atom. The second-order valence-electron chi connectivity index (χ2n) is 5.04. The van der Waals surface area contributed by atoms with Gasteiger partial charge in [0.2, 0.25) is 0 Å². The predicted octanol–water partition coefficient (Wildman–Crippen LogP) is 2.22. The van der Waals surface area contributed by atoms with Crippen LogP contribution in [0.25, 0.3) is 0 Å². The molecule has 1 aromatic rings. The summed E-state index contributed by atoms with van der Waals surface area (Å²) in [4.78, 5) is 2.29. The number of benzene rings is 1. The minimum atomic E-state index is -0.00616. The zero-order valence-corrected chi connectivity index (χ0v) is 11.7. The lowest BCUT2D eigenvalue weighted by Gasteiger charge is -2.34. The second kappa shape index (κ2) is 6.26. The van der Waals surface area contributed by atoms with E-state index in [1.54, 1.807) is 6.07 Å². The normalized spacial score (nSPS) is 19.5. The van der Waals surface area contributed by atoms with Gasteiger partial charge in [-0.1, -0.05) is 11.6 Å². The van der Waals surface area contributed by atoms with Gasteiger partial charge in [-0.2, -0.15) is 0 Å². The molecule has 1 heterocycles. The van der Waals surface area contributed by atoms with Crippen LogP contribution in [0, 0.1) is 11.3 Å². The quantitative estimate of drug-likeness (QED) is 0.585. The third-order valence-electron chi connectivity index (χ3n) is 3.66. The van der Waals surface area contributed by atoms with Crippen molar-refractivity contribution in [1.82, 2.24) is 0 Å². The van der Waals surface area contributed by atoms with Crippen LogP contribution in [-0.2, 0) is 0 Å².